The average molecular weight is 781 g/mol. The lowest BCUT2D eigenvalue weighted by Gasteiger charge is -2.30. The van der Waals surface area contributed by atoms with Crippen LogP contribution in [0.5, 0.6) is 5.75 Å². The number of methoxy groups -OCH3 is 3. The van der Waals surface area contributed by atoms with Gasteiger partial charge in [-0.05, 0) is 74.9 Å². The van der Waals surface area contributed by atoms with Gasteiger partial charge in [0.15, 0.2) is 0 Å². The van der Waals surface area contributed by atoms with Crippen molar-refractivity contribution >= 4 is 35.0 Å². The number of aromatic amines is 2. The molecule has 16 nitrogen and oxygen atoms in total. The summed E-state index contributed by atoms with van der Waals surface area (Å²) in [5, 5.41) is 5.31. The van der Waals surface area contributed by atoms with Crippen molar-refractivity contribution in [1.29, 1.82) is 0 Å². The van der Waals surface area contributed by atoms with Crippen LogP contribution in [0, 0.1) is 17.8 Å². The lowest BCUT2D eigenvalue weighted by atomic mass is 10.0. The zero-order chi connectivity index (χ0) is 40.4. The van der Waals surface area contributed by atoms with Gasteiger partial charge < -0.3 is 49.3 Å². The predicted octanol–water partition coefficient (Wildman–Crippen LogP) is 4.71. The third-order valence-corrected chi connectivity index (χ3v) is 10.9. The SMILES string of the molecule is COC(=O)NC(C(=O)N1CCCC1c1nc2ccc(C#Cc3ccc4c(c3)OCc3[nH]c(C5CCCN5C(=O)C(NC(=O)OC)C(C)OC)nc3-4)cc2[nH]1)C(C)C. The van der Waals surface area contributed by atoms with Gasteiger partial charge in [-0.15, -0.1) is 0 Å². The molecule has 0 saturated carbocycles. The highest BCUT2D eigenvalue weighted by Gasteiger charge is 2.40. The molecule has 4 N–H and O–H groups in total. The van der Waals surface area contributed by atoms with E-state index in [0.29, 0.717) is 36.9 Å². The molecular weight excluding hydrogens is 732 g/mol. The second-order valence-corrected chi connectivity index (χ2v) is 14.8. The maximum Gasteiger partial charge on any atom is 0.407 e. The molecule has 5 heterocycles. The number of fused-ring (bicyclic) bond motifs is 4. The molecule has 300 valence electrons. The summed E-state index contributed by atoms with van der Waals surface area (Å²) in [5.41, 5.74) is 5.55. The van der Waals surface area contributed by atoms with Crippen LogP contribution >= 0.6 is 0 Å². The predicted molar refractivity (Wildman–Crippen MR) is 208 cm³/mol. The first-order valence-electron chi connectivity index (χ1n) is 19.2. The van der Waals surface area contributed by atoms with Gasteiger partial charge in [-0.25, -0.2) is 19.6 Å². The molecule has 57 heavy (non-hydrogen) atoms. The minimum Gasteiger partial charge on any atom is -0.487 e. The first-order valence-corrected chi connectivity index (χ1v) is 19.2. The number of carbonyl (C=O) groups excluding carboxylic acids is 4. The van der Waals surface area contributed by atoms with Crippen molar-refractivity contribution in [2.24, 2.45) is 5.92 Å². The van der Waals surface area contributed by atoms with Gasteiger partial charge in [0.25, 0.3) is 0 Å². The Morgan fingerprint density at radius 1 is 0.807 bits per heavy atom. The third kappa shape index (κ3) is 7.97. The second-order valence-electron chi connectivity index (χ2n) is 14.8. The van der Waals surface area contributed by atoms with E-state index < -0.39 is 30.4 Å². The van der Waals surface area contributed by atoms with Gasteiger partial charge in [0.05, 0.1) is 54.8 Å². The number of ether oxygens (including phenoxy) is 4. The van der Waals surface area contributed by atoms with Crippen LogP contribution in [-0.4, -0.2) is 106 Å². The van der Waals surface area contributed by atoms with Gasteiger partial charge in [-0.3, -0.25) is 9.59 Å². The third-order valence-electron chi connectivity index (χ3n) is 10.9. The number of likely N-dealkylation sites (tertiary alicyclic amines) is 2. The largest absolute Gasteiger partial charge is 0.487 e. The number of aromatic nitrogens is 4. The Morgan fingerprint density at radius 2 is 1.40 bits per heavy atom. The summed E-state index contributed by atoms with van der Waals surface area (Å²) in [6.07, 6.45) is 1.17. The number of benzene rings is 2. The molecule has 3 aliphatic heterocycles. The Bertz CT molecular complexity index is 2240. The van der Waals surface area contributed by atoms with Gasteiger partial charge in [0, 0.05) is 36.9 Å². The summed E-state index contributed by atoms with van der Waals surface area (Å²) in [4.78, 5) is 71.5. The van der Waals surface area contributed by atoms with E-state index in [2.05, 4.69) is 32.4 Å². The summed E-state index contributed by atoms with van der Waals surface area (Å²) < 4.78 is 21.1. The van der Waals surface area contributed by atoms with E-state index in [9.17, 15) is 19.2 Å². The van der Waals surface area contributed by atoms with Gasteiger partial charge >= 0.3 is 12.2 Å². The first kappa shape index (κ1) is 39.2. The summed E-state index contributed by atoms with van der Waals surface area (Å²) in [7, 11) is 4.03. The zero-order valence-electron chi connectivity index (χ0n) is 32.9. The Morgan fingerprint density at radius 3 is 2.04 bits per heavy atom. The molecule has 4 amide bonds. The molecule has 4 aromatic rings. The molecule has 0 bridgehead atoms. The molecule has 16 heteroatoms. The van der Waals surface area contributed by atoms with E-state index in [0.717, 1.165) is 58.4 Å². The van der Waals surface area contributed by atoms with Gasteiger partial charge in [0.1, 0.15) is 36.1 Å². The molecule has 7 rings (SSSR count). The van der Waals surface area contributed by atoms with Crippen molar-refractivity contribution in [2.45, 2.75) is 83.3 Å². The molecule has 5 atom stereocenters. The maximum absolute atomic E-state index is 13.7. The van der Waals surface area contributed by atoms with Crippen molar-refractivity contribution < 1.29 is 38.1 Å². The lowest BCUT2D eigenvalue weighted by molar-refractivity contribution is -0.137. The summed E-state index contributed by atoms with van der Waals surface area (Å²) in [6.45, 7) is 6.88. The molecule has 5 unspecified atom stereocenters. The number of alkyl carbamates (subject to hydrolysis) is 2. The van der Waals surface area contributed by atoms with E-state index >= 15 is 0 Å². The van der Waals surface area contributed by atoms with Gasteiger partial charge in [0.2, 0.25) is 11.8 Å². The van der Waals surface area contributed by atoms with Crippen molar-refractivity contribution in [1.82, 2.24) is 40.4 Å². The number of nitrogens with zero attached hydrogens (tertiary/aromatic N) is 4. The van der Waals surface area contributed by atoms with Crippen molar-refractivity contribution in [2.75, 3.05) is 34.4 Å². The van der Waals surface area contributed by atoms with Crippen LogP contribution in [0.1, 0.15) is 87.0 Å². The molecule has 2 aromatic carbocycles. The topological polar surface area (TPSA) is 193 Å². The molecule has 2 saturated heterocycles. The number of carbonyl (C=O) groups is 4. The van der Waals surface area contributed by atoms with Crippen LogP contribution in [0.4, 0.5) is 9.59 Å². The number of H-pyrrole nitrogens is 2. The lowest BCUT2D eigenvalue weighted by Crippen LogP contribution is -2.54. The molecule has 0 spiro atoms. The standard InChI is InChI=1S/C41H48N8O8/c1-22(2)33(46-40(52)55-5)38(50)48-17-7-9-30(48)36-42-27-16-14-24(19-28(27)43-36)11-12-25-13-15-26-32(20-25)57-21-29-35(26)45-37(44-29)31-10-8-18-49(31)39(51)34(23(3)54-4)47-41(53)56-6/h13-16,19-20,22-23,30-31,33-34H,7-10,17-18,21H2,1-6H3,(H,42,43)(H,44,45)(H,46,52)(H,47,53). The monoisotopic (exact) mass is 780 g/mol. The molecular formula is C41H48N8O8. The smallest absolute Gasteiger partial charge is 0.407 e. The second kappa shape index (κ2) is 16.6. The van der Waals surface area contributed by atoms with E-state index in [4.69, 9.17) is 28.9 Å². The van der Waals surface area contributed by atoms with Crippen molar-refractivity contribution in [3.05, 3.63) is 64.9 Å². The van der Waals surface area contributed by atoms with Crippen LogP contribution in [-0.2, 0) is 30.4 Å². The molecule has 2 aromatic heterocycles. The quantitative estimate of drug-likeness (QED) is 0.173. The Hall–Kier alpha value is -6.08. The van der Waals surface area contributed by atoms with Crippen LogP contribution in [0.2, 0.25) is 0 Å². The average Bonchev–Trinajstić information content (AvgIpc) is 4.05. The van der Waals surface area contributed by atoms with E-state index in [1.54, 1.807) is 16.7 Å². The summed E-state index contributed by atoms with van der Waals surface area (Å²) in [6, 6.07) is 9.37. The summed E-state index contributed by atoms with van der Waals surface area (Å²) in [5.74, 6) is 7.98. The fourth-order valence-corrected chi connectivity index (χ4v) is 7.78. The number of hydrogen-bond acceptors (Lipinski definition) is 10. The highest BCUT2D eigenvalue weighted by Crippen LogP contribution is 2.40. The van der Waals surface area contributed by atoms with Crippen LogP contribution in [0.15, 0.2) is 36.4 Å². The Kier molecular flexibility index (Phi) is 11.4. The zero-order valence-corrected chi connectivity index (χ0v) is 32.9. The molecule has 0 radical (unpaired) electrons. The summed E-state index contributed by atoms with van der Waals surface area (Å²) >= 11 is 0. The van der Waals surface area contributed by atoms with E-state index in [1.807, 2.05) is 50.2 Å². The van der Waals surface area contributed by atoms with E-state index in [-0.39, 0.29) is 36.4 Å². The van der Waals surface area contributed by atoms with Gasteiger partial charge in [-0.1, -0.05) is 25.7 Å². The fourth-order valence-electron chi connectivity index (χ4n) is 7.78. The molecule has 0 aliphatic carbocycles. The van der Waals surface area contributed by atoms with Crippen molar-refractivity contribution in [3.8, 4) is 28.8 Å². The first-order chi connectivity index (χ1) is 27.5. The highest BCUT2D eigenvalue weighted by molar-refractivity contribution is 5.87. The molecule has 2 fully saturated rings. The molecule has 3 aliphatic rings. The van der Waals surface area contributed by atoms with Crippen LogP contribution in [0.3, 0.4) is 0 Å². The Labute approximate surface area is 330 Å². The number of amides is 4. The fraction of sp³-hybridized carbons (Fsp3) is 0.463. The maximum atomic E-state index is 13.7. The van der Waals surface area contributed by atoms with Gasteiger partial charge in [-0.2, -0.15) is 0 Å². The van der Waals surface area contributed by atoms with E-state index in [1.165, 1.54) is 21.3 Å². The number of rotatable bonds is 9. The number of hydrogen-bond donors (Lipinski definition) is 4. The minimum atomic E-state index is -0.919. The normalized spacial score (nSPS) is 18.8. The van der Waals surface area contributed by atoms with Crippen LogP contribution < -0.4 is 15.4 Å². The van der Waals surface area contributed by atoms with Crippen LogP contribution in [0.25, 0.3) is 22.3 Å². The minimum absolute atomic E-state index is 0.122. The highest BCUT2D eigenvalue weighted by atomic mass is 16.5. The number of nitrogens with one attached hydrogen (secondary N) is 4. The van der Waals surface area contributed by atoms with Crippen molar-refractivity contribution in [3.63, 3.8) is 0 Å². The Balaban J connectivity index is 1.06. The number of imidazole rings is 2.